The molecule has 0 saturated carbocycles. The Bertz CT molecular complexity index is 1290. The van der Waals surface area contributed by atoms with Crippen molar-refractivity contribution >= 4 is 44.3 Å². The molecule has 2 atom stereocenters. The molecule has 1 amide bonds. The van der Waals surface area contributed by atoms with Gasteiger partial charge in [-0.1, -0.05) is 36.4 Å². The number of amides is 1. The van der Waals surface area contributed by atoms with Crippen LogP contribution in [0.3, 0.4) is 0 Å². The number of carbonyl (C=O) groups is 1. The topological polar surface area (TPSA) is 103 Å². The lowest BCUT2D eigenvalue weighted by molar-refractivity contribution is -0.129. The number of thioether (sulfide) groups is 1. The highest BCUT2D eigenvalue weighted by Crippen LogP contribution is 2.32. The Labute approximate surface area is 210 Å². The molecule has 35 heavy (non-hydrogen) atoms. The number of hydrogen-bond acceptors (Lipinski definition) is 7. The molecule has 4 rings (SSSR count). The molecule has 0 aliphatic carbocycles. The molecule has 1 aliphatic heterocycles. The first-order chi connectivity index (χ1) is 16.7. The highest BCUT2D eigenvalue weighted by Gasteiger charge is 2.28. The SMILES string of the molecule is CN(C(=O)CSc1ccc(NS(C)(=O)=O)c2ncccc12)[C@H](CN1CC[C@H](O)C1)c1ccccc1. The van der Waals surface area contributed by atoms with Gasteiger partial charge in [0.25, 0.3) is 0 Å². The van der Waals surface area contributed by atoms with E-state index in [2.05, 4.69) is 14.6 Å². The average Bonchev–Trinajstić information content (AvgIpc) is 3.25. The zero-order valence-corrected chi connectivity index (χ0v) is 21.4. The van der Waals surface area contributed by atoms with E-state index in [0.717, 1.165) is 35.1 Å². The molecule has 1 aliphatic rings. The summed E-state index contributed by atoms with van der Waals surface area (Å²) in [5.41, 5.74) is 2.01. The predicted molar refractivity (Wildman–Crippen MR) is 140 cm³/mol. The van der Waals surface area contributed by atoms with Crippen molar-refractivity contribution in [3.05, 3.63) is 66.4 Å². The number of likely N-dealkylation sites (tertiary alicyclic amines) is 1. The van der Waals surface area contributed by atoms with Gasteiger partial charge in [-0.3, -0.25) is 19.4 Å². The Balaban J connectivity index is 1.51. The van der Waals surface area contributed by atoms with Gasteiger partial charge in [0, 0.05) is 43.2 Å². The third-order valence-corrected chi connectivity index (χ3v) is 7.75. The van der Waals surface area contributed by atoms with Gasteiger partial charge in [0.15, 0.2) is 0 Å². The number of fused-ring (bicyclic) bond motifs is 1. The zero-order chi connectivity index (χ0) is 25.0. The molecule has 2 heterocycles. The van der Waals surface area contributed by atoms with Crippen molar-refractivity contribution in [3.8, 4) is 0 Å². The molecule has 0 bridgehead atoms. The number of nitrogens with zero attached hydrogens (tertiary/aromatic N) is 3. The molecule has 10 heteroatoms. The monoisotopic (exact) mass is 514 g/mol. The number of aliphatic hydroxyl groups excluding tert-OH is 1. The highest BCUT2D eigenvalue weighted by atomic mass is 32.2. The number of rotatable bonds is 9. The summed E-state index contributed by atoms with van der Waals surface area (Å²) in [6.45, 7) is 2.09. The quantitative estimate of drug-likeness (QED) is 0.423. The third kappa shape index (κ3) is 6.52. The first-order valence-electron chi connectivity index (χ1n) is 11.4. The van der Waals surface area contributed by atoms with Crippen LogP contribution in [-0.4, -0.2) is 79.0 Å². The minimum Gasteiger partial charge on any atom is -0.392 e. The summed E-state index contributed by atoms with van der Waals surface area (Å²) in [4.78, 5) is 22.5. The van der Waals surface area contributed by atoms with E-state index >= 15 is 0 Å². The van der Waals surface area contributed by atoms with E-state index in [4.69, 9.17) is 0 Å². The summed E-state index contributed by atoms with van der Waals surface area (Å²) in [5, 5.41) is 10.7. The summed E-state index contributed by atoms with van der Waals surface area (Å²) in [5.74, 6) is 0.213. The fourth-order valence-corrected chi connectivity index (χ4v) is 5.85. The number of pyridine rings is 1. The number of carbonyl (C=O) groups excluding carboxylic acids is 1. The molecule has 8 nitrogen and oxygen atoms in total. The number of benzene rings is 2. The number of likely N-dealkylation sites (N-methyl/N-ethyl adjacent to an activating group) is 1. The Hall–Kier alpha value is -2.66. The van der Waals surface area contributed by atoms with Crippen LogP contribution >= 0.6 is 11.8 Å². The van der Waals surface area contributed by atoms with Crippen molar-refractivity contribution in [2.45, 2.75) is 23.5 Å². The van der Waals surface area contributed by atoms with Crippen molar-refractivity contribution in [1.29, 1.82) is 0 Å². The minimum absolute atomic E-state index is 0.0148. The van der Waals surface area contributed by atoms with Crippen LogP contribution in [-0.2, 0) is 14.8 Å². The lowest BCUT2D eigenvalue weighted by Crippen LogP contribution is -2.39. The number of aliphatic hydroxyl groups is 1. The molecule has 1 saturated heterocycles. The Morgan fingerprint density at radius 3 is 2.69 bits per heavy atom. The van der Waals surface area contributed by atoms with Crippen LogP contribution in [0.2, 0.25) is 0 Å². The van der Waals surface area contributed by atoms with Gasteiger partial charge >= 0.3 is 0 Å². The highest BCUT2D eigenvalue weighted by molar-refractivity contribution is 8.00. The second kappa shape index (κ2) is 10.9. The van der Waals surface area contributed by atoms with Crippen LogP contribution in [0.5, 0.6) is 0 Å². The second-order valence-electron chi connectivity index (χ2n) is 8.81. The van der Waals surface area contributed by atoms with Crippen LogP contribution in [0.1, 0.15) is 18.0 Å². The van der Waals surface area contributed by atoms with Crippen molar-refractivity contribution in [2.75, 3.05) is 43.4 Å². The van der Waals surface area contributed by atoms with Gasteiger partial charge in [0.05, 0.1) is 35.4 Å². The van der Waals surface area contributed by atoms with Crippen molar-refractivity contribution < 1.29 is 18.3 Å². The molecule has 3 aromatic rings. The fraction of sp³-hybridized carbons (Fsp3) is 0.360. The third-order valence-electron chi connectivity index (χ3n) is 6.10. The fourth-order valence-electron chi connectivity index (χ4n) is 4.32. The van der Waals surface area contributed by atoms with E-state index in [1.165, 1.54) is 11.8 Å². The van der Waals surface area contributed by atoms with E-state index in [1.54, 1.807) is 23.2 Å². The van der Waals surface area contributed by atoms with Gasteiger partial charge in [-0.25, -0.2) is 8.42 Å². The summed E-state index contributed by atoms with van der Waals surface area (Å²) in [6.07, 6.45) is 3.15. The Kier molecular flexibility index (Phi) is 7.95. The summed E-state index contributed by atoms with van der Waals surface area (Å²) in [6, 6.07) is 17.0. The summed E-state index contributed by atoms with van der Waals surface area (Å²) < 4.78 is 26.0. The summed E-state index contributed by atoms with van der Waals surface area (Å²) in [7, 11) is -1.62. The average molecular weight is 515 g/mol. The van der Waals surface area contributed by atoms with Crippen LogP contribution in [0.15, 0.2) is 65.7 Å². The maximum absolute atomic E-state index is 13.3. The number of β-amino-alcohol motifs (C(OH)–C–C–N with tert-alkyl or cyclic N) is 1. The van der Waals surface area contributed by atoms with Gasteiger partial charge in [-0.05, 0) is 30.2 Å². The largest absolute Gasteiger partial charge is 0.392 e. The number of hydrogen-bond donors (Lipinski definition) is 2. The maximum atomic E-state index is 13.3. The normalized spacial score (nSPS) is 17.4. The molecule has 2 aromatic carbocycles. The smallest absolute Gasteiger partial charge is 0.233 e. The maximum Gasteiger partial charge on any atom is 0.233 e. The summed E-state index contributed by atoms with van der Waals surface area (Å²) >= 11 is 1.41. The molecular weight excluding hydrogens is 484 g/mol. The van der Waals surface area contributed by atoms with Gasteiger partial charge in [0.2, 0.25) is 15.9 Å². The number of anilines is 1. The van der Waals surface area contributed by atoms with E-state index in [-0.39, 0.29) is 23.8 Å². The number of sulfonamides is 1. The Morgan fingerprint density at radius 1 is 1.23 bits per heavy atom. The van der Waals surface area contributed by atoms with E-state index < -0.39 is 10.0 Å². The van der Waals surface area contributed by atoms with Gasteiger partial charge < -0.3 is 10.0 Å². The van der Waals surface area contributed by atoms with Crippen molar-refractivity contribution in [2.24, 2.45) is 0 Å². The van der Waals surface area contributed by atoms with Crippen molar-refractivity contribution in [1.82, 2.24) is 14.8 Å². The standard InChI is InChI=1S/C25H30N4O4S2/c1-28(22(18-7-4-3-5-8-18)16-29-14-12-19(30)15-29)24(31)17-34-23-11-10-21(27-35(2,32)33)25-20(23)9-6-13-26-25/h3-11,13,19,22,27,30H,12,14-17H2,1-2H3/t19-,22+/m0/s1. The van der Waals surface area contributed by atoms with Gasteiger partial charge in [0.1, 0.15) is 0 Å². The lowest BCUT2D eigenvalue weighted by Gasteiger charge is -2.32. The molecular formula is C25H30N4O4S2. The Morgan fingerprint density at radius 2 is 2.00 bits per heavy atom. The molecule has 2 N–H and O–H groups in total. The molecule has 0 spiro atoms. The molecule has 1 fully saturated rings. The first-order valence-corrected chi connectivity index (χ1v) is 14.3. The molecule has 186 valence electrons. The lowest BCUT2D eigenvalue weighted by atomic mass is 10.1. The second-order valence-corrected chi connectivity index (χ2v) is 11.6. The first kappa shape index (κ1) is 25.4. The number of aromatic nitrogens is 1. The van der Waals surface area contributed by atoms with Crippen LogP contribution in [0.25, 0.3) is 10.9 Å². The predicted octanol–water partition coefficient (Wildman–Crippen LogP) is 2.96. The van der Waals surface area contributed by atoms with E-state index in [9.17, 15) is 18.3 Å². The van der Waals surface area contributed by atoms with Crippen LogP contribution in [0, 0.1) is 0 Å². The van der Waals surface area contributed by atoms with Crippen LogP contribution in [0.4, 0.5) is 5.69 Å². The van der Waals surface area contributed by atoms with E-state index in [0.29, 0.717) is 24.3 Å². The number of nitrogens with one attached hydrogen (secondary N) is 1. The van der Waals surface area contributed by atoms with Gasteiger partial charge in [-0.15, -0.1) is 11.8 Å². The van der Waals surface area contributed by atoms with E-state index in [1.807, 2.05) is 49.5 Å². The van der Waals surface area contributed by atoms with Gasteiger partial charge in [-0.2, -0.15) is 0 Å². The molecule has 0 unspecified atom stereocenters. The molecule has 0 radical (unpaired) electrons. The molecule has 1 aromatic heterocycles. The van der Waals surface area contributed by atoms with Crippen molar-refractivity contribution in [3.63, 3.8) is 0 Å². The zero-order valence-electron chi connectivity index (χ0n) is 19.8. The van der Waals surface area contributed by atoms with Crippen LogP contribution < -0.4 is 4.72 Å². The minimum atomic E-state index is -3.45.